The van der Waals surface area contributed by atoms with Crippen LogP contribution in [-0.2, 0) is 13.1 Å². The van der Waals surface area contributed by atoms with Gasteiger partial charge in [0.1, 0.15) is 17.2 Å². The summed E-state index contributed by atoms with van der Waals surface area (Å²) in [7, 11) is 0. The second-order valence-corrected chi connectivity index (χ2v) is 8.36. The number of aromatic nitrogens is 1. The van der Waals surface area contributed by atoms with Gasteiger partial charge in [0.25, 0.3) is 11.8 Å². The maximum atomic E-state index is 13.8. The van der Waals surface area contributed by atoms with Crippen molar-refractivity contribution >= 4 is 11.8 Å². The van der Waals surface area contributed by atoms with Crippen LogP contribution in [0.1, 0.15) is 45.7 Å². The van der Waals surface area contributed by atoms with Crippen molar-refractivity contribution in [2.75, 3.05) is 6.54 Å². The summed E-state index contributed by atoms with van der Waals surface area (Å²) >= 11 is 0. The van der Waals surface area contributed by atoms with Crippen molar-refractivity contribution in [1.29, 1.82) is 0 Å². The standard InChI is InChI=1S/C21H19F2N3O4/c22-13-2-1-12(15(23)5-13)7-24-19(29)14-9-25-10-21-4-3-11(6-21)8-26(21)20(30)16(25)18(28)17(14)27/h1-2,5,9,11,28H,3-4,6-8,10H2,(H,24,29)/t11-,21-/m0/s1. The molecular formula is C21H19F2N3O4. The van der Waals surface area contributed by atoms with E-state index in [-0.39, 0.29) is 28.9 Å². The van der Waals surface area contributed by atoms with Gasteiger partial charge in [0.05, 0.1) is 5.54 Å². The molecule has 1 saturated heterocycles. The normalized spacial score (nSPS) is 24.0. The monoisotopic (exact) mass is 415 g/mol. The summed E-state index contributed by atoms with van der Waals surface area (Å²) in [5, 5.41) is 12.8. The number of fused-ring (bicyclic) bond motifs is 2. The number of pyridine rings is 1. The fourth-order valence-corrected chi connectivity index (χ4v) is 5.14. The molecule has 2 aliphatic heterocycles. The first-order chi connectivity index (χ1) is 14.3. The van der Waals surface area contributed by atoms with Crippen molar-refractivity contribution in [3.8, 4) is 5.75 Å². The third-order valence-electron chi connectivity index (χ3n) is 6.57. The summed E-state index contributed by atoms with van der Waals surface area (Å²) < 4.78 is 28.3. The number of nitrogens with one attached hydrogen (secondary N) is 1. The minimum Gasteiger partial charge on any atom is -0.503 e. The zero-order chi connectivity index (χ0) is 21.2. The minimum absolute atomic E-state index is 0.0553. The molecule has 1 spiro atoms. The third-order valence-corrected chi connectivity index (χ3v) is 6.57. The zero-order valence-corrected chi connectivity index (χ0v) is 16.0. The highest BCUT2D eigenvalue weighted by molar-refractivity contribution is 5.99. The van der Waals surface area contributed by atoms with Crippen molar-refractivity contribution in [2.45, 2.75) is 37.9 Å². The Kier molecular flexibility index (Phi) is 4.00. The molecule has 2 amide bonds. The van der Waals surface area contributed by atoms with E-state index in [0.29, 0.717) is 25.1 Å². The topological polar surface area (TPSA) is 91.6 Å². The molecule has 3 heterocycles. The number of rotatable bonds is 3. The smallest absolute Gasteiger partial charge is 0.275 e. The summed E-state index contributed by atoms with van der Waals surface area (Å²) in [5.74, 6) is -3.08. The maximum Gasteiger partial charge on any atom is 0.275 e. The van der Waals surface area contributed by atoms with Crippen LogP contribution >= 0.6 is 0 Å². The van der Waals surface area contributed by atoms with Crippen LogP contribution in [0.3, 0.4) is 0 Å². The lowest BCUT2D eigenvalue weighted by Gasteiger charge is -2.44. The number of hydrogen-bond acceptors (Lipinski definition) is 4. The van der Waals surface area contributed by atoms with E-state index < -0.39 is 34.6 Å². The lowest BCUT2D eigenvalue weighted by molar-refractivity contribution is 0.0397. The molecule has 30 heavy (non-hydrogen) atoms. The van der Waals surface area contributed by atoms with E-state index in [2.05, 4.69) is 5.32 Å². The Bertz CT molecular complexity index is 1160. The Hall–Kier alpha value is -3.23. The molecule has 2 fully saturated rings. The molecule has 2 atom stereocenters. The summed E-state index contributed by atoms with van der Waals surface area (Å²) in [6.45, 7) is 0.772. The lowest BCUT2D eigenvalue weighted by Crippen LogP contribution is -2.55. The number of piperidine rings is 1. The Morgan fingerprint density at radius 1 is 1.30 bits per heavy atom. The summed E-state index contributed by atoms with van der Waals surface area (Å²) in [5.41, 5.74) is -1.66. The summed E-state index contributed by atoms with van der Waals surface area (Å²) in [6.07, 6.45) is 4.04. The molecule has 5 rings (SSSR count). The van der Waals surface area contributed by atoms with Crippen LogP contribution in [0.5, 0.6) is 5.75 Å². The van der Waals surface area contributed by atoms with Crippen LogP contribution in [0.25, 0.3) is 0 Å². The molecule has 1 aromatic carbocycles. The van der Waals surface area contributed by atoms with Gasteiger partial charge in [-0.2, -0.15) is 0 Å². The first-order valence-electron chi connectivity index (χ1n) is 9.79. The van der Waals surface area contributed by atoms with Gasteiger partial charge in [-0.05, 0) is 31.2 Å². The van der Waals surface area contributed by atoms with Crippen molar-refractivity contribution in [3.05, 3.63) is 63.1 Å². The third kappa shape index (κ3) is 2.64. The molecule has 7 nitrogen and oxygen atoms in total. The fraction of sp³-hybridized carbons (Fsp3) is 0.381. The molecule has 1 aliphatic carbocycles. The SMILES string of the molecule is O=C(NCc1ccc(F)cc1F)c1cn2c(c(O)c1=O)C(=O)N1C[C@H]3CC[C@]1(C3)C2. The molecule has 1 aromatic heterocycles. The van der Waals surface area contributed by atoms with Crippen molar-refractivity contribution in [1.82, 2.24) is 14.8 Å². The molecule has 2 bridgehead atoms. The number of carbonyl (C=O) groups excluding carboxylic acids is 2. The van der Waals surface area contributed by atoms with Gasteiger partial charge in [-0.3, -0.25) is 14.4 Å². The number of hydrogen-bond donors (Lipinski definition) is 2. The second kappa shape index (κ2) is 6.38. The quantitative estimate of drug-likeness (QED) is 0.800. The van der Waals surface area contributed by atoms with E-state index in [1.165, 1.54) is 16.8 Å². The van der Waals surface area contributed by atoms with Gasteiger partial charge in [0, 0.05) is 37.5 Å². The predicted molar refractivity (Wildman–Crippen MR) is 101 cm³/mol. The largest absolute Gasteiger partial charge is 0.503 e. The molecule has 9 heteroatoms. The number of amides is 2. The number of benzene rings is 1. The summed E-state index contributed by atoms with van der Waals surface area (Å²) in [4.78, 5) is 39.9. The Morgan fingerprint density at radius 3 is 2.83 bits per heavy atom. The van der Waals surface area contributed by atoms with Gasteiger partial charge in [-0.15, -0.1) is 0 Å². The average Bonchev–Trinajstić information content (AvgIpc) is 3.27. The molecule has 2 N–H and O–H groups in total. The highest BCUT2D eigenvalue weighted by atomic mass is 19.1. The van der Waals surface area contributed by atoms with Crippen molar-refractivity contribution in [3.63, 3.8) is 0 Å². The highest BCUT2D eigenvalue weighted by Gasteiger charge is 2.56. The van der Waals surface area contributed by atoms with Crippen LogP contribution in [0.15, 0.2) is 29.2 Å². The van der Waals surface area contributed by atoms with Crippen LogP contribution in [0.4, 0.5) is 8.78 Å². The van der Waals surface area contributed by atoms with E-state index in [9.17, 15) is 28.3 Å². The van der Waals surface area contributed by atoms with E-state index in [1.807, 2.05) is 0 Å². The van der Waals surface area contributed by atoms with Crippen molar-refractivity contribution < 1.29 is 23.5 Å². The van der Waals surface area contributed by atoms with Gasteiger partial charge < -0.3 is 19.9 Å². The average molecular weight is 415 g/mol. The molecule has 3 aliphatic rings. The molecule has 0 unspecified atom stereocenters. The second-order valence-electron chi connectivity index (χ2n) is 8.36. The van der Waals surface area contributed by atoms with E-state index in [4.69, 9.17) is 0 Å². The minimum atomic E-state index is -0.952. The van der Waals surface area contributed by atoms with E-state index in [1.54, 1.807) is 4.90 Å². The maximum absolute atomic E-state index is 13.8. The molecule has 2 aromatic rings. The molecule has 1 saturated carbocycles. The van der Waals surface area contributed by atoms with Gasteiger partial charge in [0.15, 0.2) is 11.4 Å². The van der Waals surface area contributed by atoms with Gasteiger partial charge >= 0.3 is 0 Å². The number of aromatic hydroxyl groups is 1. The van der Waals surface area contributed by atoms with Gasteiger partial charge in [-0.25, -0.2) is 8.78 Å². The van der Waals surface area contributed by atoms with Crippen LogP contribution in [0, 0.1) is 17.6 Å². The van der Waals surface area contributed by atoms with Gasteiger partial charge in [0.2, 0.25) is 5.43 Å². The Labute approximate surface area is 169 Å². The lowest BCUT2D eigenvalue weighted by atomic mass is 9.93. The molecule has 0 radical (unpaired) electrons. The zero-order valence-electron chi connectivity index (χ0n) is 16.0. The predicted octanol–water partition coefficient (Wildman–Crippen LogP) is 1.77. The van der Waals surface area contributed by atoms with E-state index in [0.717, 1.165) is 25.3 Å². The van der Waals surface area contributed by atoms with Crippen LogP contribution in [-0.4, -0.2) is 38.5 Å². The van der Waals surface area contributed by atoms with E-state index >= 15 is 0 Å². The first kappa shape index (κ1) is 18.8. The van der Waals surface area contributed by atoms with Crippen molar-refractivity contribution in [2.24, 2.45) is 5.92 Å². The number of carbonyl (C=O) groups is 2. The Morgan fingerprint density at radius 2 is 2.10 bits per heavy atom. The number of halogens is 2. The van der Waals surface area contributed by atoms with Crippen LogP contribution < -0.4 is 10.7 Å². The molecular weight excluding hydrogens is 396 g/mol. The van der Waals surface area contributed by atoms with Crippen LogP contribution in [0.2, 0.25) is 0 Å². The Balaban J connectivity index is 1.46. The van der Waals surface area contributed by atoms with Gasteiger partial charge in [-0.1, -0.05) is 6.07 Å². The number of nitrogens with zero attached hydrogens (tertiary/aromatic N) is 2. The highest BCUT2D eigenvalue weighted by Crippen LogP contribution is 2.50. The fourth-order valence-electron chi connectivity index (χ4n) is 5.14. The summed E-state index contributed by atoms with van der Waals surface area (Å²) in [6, 6.07) is 2.97. The first-order valence-corrected chi connectivity index (χ1v) is 9.79. The molecule has 156 valence electrons.